The van der Waals surface area contributed by atoms with Gasteiger partial charge in [0.05, 0.1) is 22.8 Å². The Balaban J connectivity index is 2.12. The number of benzene rings is 2. The van der Waals surface area contributed by atoms with E-state index >= 15 is 0 Å². The number of hydrogen-bond acceptors (Lipinski definition) is 4. The van der Waals surface area contributed by atoms with Gasteiger partial charge in [0.2, 0.25) is 0 Å². The molecule has 1 aliphatic carbocycles. The summed E-state index contributed by atoms with van der Waals surface area (Å²) in [4.78, 5) is 8.63. The smallest absolute Gasteiger partial charge is 0.0934 e. The van der Waals surface area contributed by atoms with E-state index in [1.807, 2.05) is 48.5 Å². The molecule has 0 aromatic heterocycles. The maximum atomic E-state index is 9.10. The van der Waals surface area contributed by atoms with E-state index in [0.29, 0.717) is 12.1 Å². The molecule has 98 valence electrons. The van der Waals surface area contributed by atoms with Crippen molar-refractivity contribution in [2.45, 2.75) is 6.42 Å². The van der Waals surface area contributed by atoms with Crippen LogP contribution in [0.4, 0.5) is 11.4 Å². The highest BCUT2D eigenvalue weighted by Crippen LogP contribution is 2.31. The minimum absolute atomic E-state index is 0.515. The van der Waals surface area contributed by atoms with Crippen LogP contribution in [0.3, 0.4) is 0 Å². The highest BCUT2D eigenvalue weighted by molar-refractivity contribution is 6.28. The van der Waals surface area contributed by atoms with Crippen LogP contribution in [0.2, 0.25) is 0 Å². The van der Waals surface area contributed by atoms with Gasteiger partial charge in [-0.1, -0.05) is 41.6 Å². The van der Waals surface area contributed by atoms with Crippen LogP contribution in [0.25, 0.3) is 0 Å². The van der Waals surface area contributed by atoms with E-state index in [0.717, 1.165) is 28.2 Å². The quantitative estimate of drug-likeness (QED) is 0.501. The fourth-order valence-corrected chi connectivity index (χ4v) is 2.36. The van der Waals surface area contributed by atoms with Gasteiger partial charge >= 0.3 is 0 Å². The number of hydrogen-bond donors (Lipinski definition) is 1. The summed E-state index contributed by atoms with van der Waals surface area (Å²) < 4.78 is 0. The van der Waals surface area contributed by atoms with Gasteiger partial charge in [-0.05, 0) is 18.9 Å². The van der Waals surface area contributed by atoms with Gasteiger partial charge < -0.3 is 5.21 Å². The maximum Gasteiger partial charge on any atom is 0.0934 e. The molecule has 0 amide bonds. The van der Waals surface area contributed by atoms with Crippen molar-refractivity contribution in [2.24, 2.45) is 15.1 Å². The Kier molecular flexibility index (Phi) is 3.13. The van der Waals surface area contributed by atoms with Gasteiger partial charge in [0.1, 0.15) is 0 Å². The minimum Gasteiger partial charge on any atom is -0.411 e. The Labute approximate surface area is 116 Å². The average Bonchev–Trinajstić information content (AvgIpc) is 2.86. The molecule has 0 saturated heterocycles. The minimum atomic E-state index is 0.515. The fourth-order valence-electron chi connectivity index (χ4n) is 2.36. The lowest BCUT2D eigenvalue weighted by Gasteiger charge is -2.02. The molecular formula is C16H13N3O. The van der Waals surface area contributed by atoms with Gasteiger partial charge in [0, 0.05) is 17.5 Å². The van der Waals surface area contributed by atoms with Crippen molar-refractivity contribution < 1.29 is 5.21 Å². The van der Waals surface area contributed by atoms with Crippen LogP contribution in [-0.2, 0) is 0 Å². The molecule has 1 N–H and O–H groups in total. The number of para-hydroxylation sites is 2. The third-order valence-electron chi connectivity index (χ3n) is 3.31. The summed E-state index contributed by atoms with van der Waals surface area (Å²) in [5.74, 6) is 0. The molecule has 4 heteroatoms. The Morgan fingerprint density at radius 3 is 2.10 bits per heavy atom. The number of oxime groups is 1. The van der Waals surface area contributed by atoms with Gasteiger partial charge in [0.25, 0.3) is 0 Å². The van der Waals surface area contributed by atoms with Crippen LogP contribution >= 0.6 is 0 Å². The van der Waals surface area contributed by atoms with E-state index in [1.165, 1.54) is 0 Å². The summed E-state index contributed by atoms with van der Waals surface area (Å²) in [7, 11) is 0. The first-order valence-corrected chi connectivity index (χ1v) is 6.27. The highest BCUT2D eigenvalue weighted by Gasteiger charge is 2.24. The summed E-state index contributed by atoms with van der Waals surface area (Å²) >= 11 is 0. The molecule has 3 rings (SSSR count). The van der Waals surface area contributed by atoms with Crippen LogP contribution in [0.15, 0.2) is 63.7 Å². The molecule has 0 saturated carbocycles. The lowest BCUT2D eigenvalue weighted by molar-refractivity contribution is 0.319. The van der Waals surface area contributed by atoms with Gasteiger partial charge in [-0.3, -0.25) is 9.98 Å². The second-order valence-electron chi connectivity index (χ2n) is 4.47. The predicted octanol–water partition coefficient (Wildman–Crippen LogP) is 3.72. The third kappa shape index (κ3) is 2.01. The van der Waals surface area contributed by atoms with Gasteiger partial charge in [-0.25, -0.2) is 0 Å². The molecule has 2 aromatic carbocycles. The van der Waals surface area contributed by atoms with Crippen LogP contribution in [-0.4, -0.2) is 23.3 Å². The Morgan fingerprint density at radius 2 is 1.45 bits per heavy atom. The first-order valence-electron chi connectivity index (χ1n) is 6.27. The molecule has 2 aromatic rings. The number of nitrogens with zero attached hydrogens (tertiary/aromatic N) is 3. The molecule has 0 fully saturated rings. The monoisotopic (exact) mass is 263 g/mol. The summed E-state index contributed by atoms with van der Waals surface area (Å²) in [6.07, 6.45) is 0.515. The molecule has 0 aliphatic heterocycles. The summed E-state index contributed by atoms with van der Waals surface area (Å²) in [5, 5.41) is 12.5. The van der Waals surface area contributed by atoms with E-state index in [-0.39, 0.29) is 0 Å². The Bertz CT molecular complexity index is 732. The van der Waals surface area contributed by atoms with E-state index in [1.54, 1.807) is 0 Å². The number of fused-ring (bicyclic) bond motifs is 1. The lowest BCUT2D eigenvalue weighted by Crippen LogP contribution is -1.95. The molecule has 0 radical (unpaired) electrons. The molecule has 0 atom stereocenters. The maximum absolute atomic E-state index is 9.10. The summed E-state index contributed by atoms with van der Waals surface area (Å²) in [6.45, 7) is 3.56. The van der Waals surface area contributed by atoms with E-state index in [2.05, 4.69) is 21.9 Å². The zero-order valence-electron chi connectivity index (χ0n) is 10.8. The van der Waals surface area contributed by atoms with E-state index in [9.17, 15) is 0 Å². The highest BCUT2D eigenvalue weighted by atomic mass is 16.4. The second kappa shape index (κ2) is 5.09. The molecule has 0 bridgehead atoms. The van der Waals surface area contributed by atoms with E-state index < -0.39 is 0 Å². The molecule has 20 heavy (non-hydrogen) atoms. The molecule has 1 aliphatic rings. The van der Waals surface area contributed by atoms with Crippen molar-refractivity contribution in [3.8, 4) is 0 Å². The molecule has 4 nitrogen and oxygen atoms in total. The summed E-state index contributed by atoms with van der Waals surface area (Å²) in [5.41, 5.74) is 4.96. The molecular weight excluding hydrogens is 250 g/mol. The third-order valence-corrected chi connectivity index (χ3v) is 3.31. The SMILES string of the molecule is C=Nc1ccccc1N=C1C/C(=N/O)c2ccccc21. The lowest BCUT2D eigenvalue weighted by atomic mass is 10.1. The van der Waals surface area contributed by atoms with Crippen molar-refractivity contribution >= 4 is 29.5 Å². The standard InChI is InChI=1S/C16H13N3O/c1-17-13-8-4-5-9-14(13)18-15-10-16(19-20)12-7-3-2-6-11(12)15/h2-9,20H,1,10H2/b18-15?,19-16-. The number of aliphatic imine (C=N–C) groups is 2. The van der Waals surface area contributed by atoms with E-state index in [4.69, 9.17) is 5.21 Å². The zero-order chi connectivity index (χ0) is 13.9. The van der Waals surface area contributed by atoms with Crippen LogP contribution in [0, 0.1) is 0 Å². The normalized spacial score (nSPS) is 17.4. The van der Waals surface area contributed by atoms with Crippen LogP contribution in [0.5, 0.6) is 0 Å². The van der Waals surface area contributed by atoms with Crippen molar-refractivity contribution in [2.75, 3.05) is 0 Å². The second-order valence-corrected chi connectivity index (χ2v) is 4.47. The first-order chi connectivity index (χ1) is 9.83. The molecule has 0 heterocycles. The zero-order valence-corrected chi connectivity index (χ0v) is 10.8. The number of rotatable bonds is 2. The van der Waals surface area contributed by atoms with Crippen molar-refractivity contribution in [1.29, 1.82) is 0 Å². The largest absolute Gasteiger partial charge is 0.411 e. The summed E-state index contributed by atoms with van der Waals surface area (Å²) in [6, 6.07) is 15.4. The van der Waals surface area contributed by atoms with Crippen molar-refractivity contribution in [3.63, 3.8) is 0 Å². The molecule has 0 spiro atoms. The predicted molar refractivity (Wildman–Crippen MR) is 81.2 cm³/mol. The van der Waals surface area contributed by atoms with Crippen LogP contribution < -0.4 is 0 Å². The van der Waals surface area contributed by atoms with Crippen molar-refractivity contribution in [1.82, 2.24) is 0 Å². The topological polar surface area (TPSA) is 57.3 Å². The van der Waals surface area contributed by atoms with Gasteiger partial charge in [-0.15, -0.1) is 0 Å². The fraction of sp³-hybridized carbons (Fsp3) is 0.0625. The van der Waals surface area contributed by atoms with Crippen molar-refractivity contribution in [3.05, 3.63) is 59.7 Å². The van der Waals surface area contributed by atoms with Gasteiger partial charge in [-0.2, -0.15) is 0 Å². The molecule has 0 unspecified atom stereocenters. The first kappa shape index (κ1) is 12.3. The Hall–Kier alpha value is -2.75. The van der Waals surface area contributed by atoms with Gasteiger partial charge in [0.15, 0.2) is 0 Å². The Morgan fingerprint density at radius 1 is 0.850 bits per heavy atom. The average molecular weight is 263 g/mol. The van der Waals surface area contributed by atoms with Crippen LogP contribution in [0.1, 0.15) is 17.5 Å².